The number of imide groups is 1. The van der Waals surface area contributed by atoms with Crippen molar-refractivity contribution < 1.29 is 19.1 Å². The lowest BCUT2D eigenvalue weighted by atomic mass is 9.85. The van der Waals surface area contributed by atoms with E-state index in [9.17, 15) is 14.4 Å². The van der Waals surface area contributed by atoms with Gasteiger partial charge >= 0.3 is 0 Å². The first-order valence-electron chi connectivity index (χ1n) is 9.25. The van der Waals surface area contributed by atoms with Crippen LogP contribution in [-0.4, -0.2) is 24.8 Å². The zero-order chi connectivity index (χ0) is 20.5. The van der Waals surface area contributed by atoms with Crippen molar-refractivity contribution in [3.05, 3.63) is 65.2 Å². The summed E-state index contributed by atoms with van der Waals surface area (Å²) >= 11 is 6.06. The van der Waals surface area contributed by atoms with E-state index >= 15 is 0 Å². The summed E-state index contributed by atoms with van der Waals surface area (Å²) in [6.07, 6.45) is 2.69. The van der Waals surface area contributed by atoms with Gasteiger partial charge in [0.05, 0.1) is 24.6 Å². The van der Waals surface area contributed by atoms with E-state index in [1.165, 1.54) is 4.90 Å². The van der Waals surface area contributed by atoms with Crippen LogP contribution >= 0.6 is 11.6 Å². The van der Waals surface area contributed by atoms with Gasteiger partial charge in [-0.05, 0) is 61.4 Å². The van der Waals surface area contributed by atoms with E-state index in [1.807, 2.05) is 6.08 Å². The van der Waals surface area contributed by atoms with Crippen LogP contribution in [0.2, 0.25) is 0 Å². The Hall–Kier alpha value is -3.12. The van der Waals surface area contributed by atoms with Crippen molar-refractivity contribution in [3.63, 3.8) is 0 Å². The summed E-state index contributed by atoms with van der Waals surface area (Å²) in [5.74, 6) is -0.798. The lowest BCUT2D eigenvalue weighted by Crippen LogP contribution is -2.30. The lowest BCUT2D eigenvalue weighted by molar-refractivity contribution is -0.122. The first-order chi connectivity index (χ1) is 14.0. The third-order valence-electron chi connectivity index (χ3n) is 5.30. The number of rotatable bonds is 4. The number of carbonyl (C=O) groups is 3. The molecule has 1 aliphatic carbocycles. The molecule has 0 spiro atoms. The van der Waals surface area contributed by atoms with Crippen molar-refractivity contribution in [2.24, 2.45) is 11.8 Å². The number of allylic oxidation sites excluding steroid dienone is 2. The molecule has 1 N–H and O–H groups in total. The number of anilines is 2. The molecule has 2 atom stereocenters. The molecule has 148 valence electrons. The van der Waals surface area contributed by atoms with Gasteiger partial charge in [-0.3, -0.25) is 19.3 Å². The highest BCUT2D eigenvalue weighted by atomic mass is 35.5. The van der Waals surface area contributed by atoms with Crippen LogP contribution in [0, 0.1) is 11.8 Å². The van der Waals surface area contributed by atoms with Gasteiger partial charge in [0.15, 0.2) is 0 Å². The molecule has 29 heavy (non-hydrogen) atoms. The molecule has 1 heterocycles. The fraction of sp³-hybridized carbons (Fsp3) is 0.227. The van der Waals surface area contributed by atoms with Crippen molar-refractivity contribution in [3.8, 4) is 5.75 Å². The van der Waals surface area contributed by atoms with Crippen LogP contribution in [0.3, 0.4) is 0 Å². The topological polar surface area (TPSA) is 75.7 Å². The minimum absolute atomic E-state index is 0.212. The van der Waals surface area contributed by atoms with Gasteiger partial charge < -0.3 is 10.1 Å². The second-order valence-corrected chi connectivity index (χ2v) is 7.53. The number of ether oxygens (including phenoxy) is 1. The van der Waals surface area contributed by atoms with Gasteiger partial charge in [-0.1, -0.05) is 17.7 Å². The van der Waals surface area contributed by atoms with E-state index in [4.69, 9.17) is 16.3 Å². The highest BCUT2D eigenvalue weighted by molar-refractivity contribution is 6.30. The van der Waals surface area contributed by atoms with Crippen LogP contribution in [0.25, 0.3) is 0 Å². The Balaban J connectivity index is 1.48. The van der Waals surface area contributed by atoms with E-state index in [2.05, 4.69) is 5.32 Å². The number of nitrogens with one attached hydrogen (secondary N) is 1. The summed E-state index contributed by atoms with van der Waals surface area (Å²) < 4.78 is 5.10. The van der Waals surface area contributed by atoms with Crippen LogP contribution in [0.4, 0.5) is 11.4 Å². The van der Waals surface area contributed by atoms with Crippen molar-refractivity contribution in [1.29, 1.82) is 0 Å². The molecule has 2 aromatic rings. The molecule has 2 aliphatic rings. The van der Waals surface area contributed by atoms with Crippen LogP contribution in [0.5, 0.6) is 5.75 Å². The third kappa shape index (κ3) is 3.63. The molecule has 1 saturated heterocycles. The maximum atomic E-state index is 12.7. The van der Waals surface area contributed by atoms with Gasteiger partial charge in [-0.25, -0.2) is 0 Å². The van der Waals surface area contributed by atoms with Gasteiger partial charge in [0, 0.05) is 16.3 Å². The molecule has 3 amide bonds. The molecule has 1 fully saturated rings. The molecule has 6 nitrogen and oxygen atoms in total. The third-order valence-corrected chi connectivity index (χ3v) is 5.61. The van der Waals surface area contributed by atoms with Crippen molar-refractivity contribution in [2.75, 3.05) is 17.3 Å². The Morgan fingerprint density at radius 2 is 1.69 bits per heavy atom. The summed E-state index contributed by atoms with van der Waals surface area (Å²) in [5, 5.41) is 3.42. The number of fused-ring (bicyclic) bond motifs is 1. The van der Waals surface area contributed by atoms with Crippen LogP contribution < -0.4 is 15.0 Å². The van der Waals surface area contributed by atoms with Gasteiger partial charge in [-0.2, -0.15) is 0 Å². The molecule has 0 radical (unpaired) electrons. The van der Waals surface area contributed by atoms with Gasteiger partial charge in [-0.15, -0.1) is 0 Å². The minimum atomic E-state index is -0.405. The summed E-state index contributed by atoms with van der Waals surface area (Å²) in [4.78, 5) is 39.1. The van der Waals surface area contributed by atoms with E-state index in [-0.39, 0.29) is 23.6 Å². The van der Waals surface area contributed by atoms with Crippen molar-refractivity contribution in [2.45, 2.75) is 12.8 Å². The number of hydrogen-bond donors (Lipinski definition) is 1. The number of carbonyl (C=O) groups excluding carboxylic acids is 3. The van der Waals surface area contributed by atoms with Crippen molar-refractivity contribution >= 4 is 40.7 Å². The standard InChI is InChI=1S/C22H19ClN2O4/c1-29-17-9-5-15(6-10-17)24-20(26)13-2-7-16(8-3-13)25-21(27)18-11-4-14(23)12-19(18)22(25)28/h2-10,18-19H,11-12H2,1H3,(H,24,26)/t18-,19+/m0/s1. The highest BCUT2D eigenvalue weighted by Crippen LogP contribution is 2.40. The largest absolute Gasteiger partial charge is 0.497 e. The van der Waals surface area contributed by atoms with Crippen molar-refractivity contribution in [1.82, 2.24) is 0 Å². The summed E-state index contributed by atoms with van der Waals surface area (Å²) in [6, 6.07) is 13.4. The summed E-state index contributed by atoms with van der Waals surface area (Å²) in [6.45, 7) is 0. The molecule has 4 rings (SSSR count). The minimum Gasteiger partial charge on any atom is -0.497 e. The first kappa shape index (κ1) is 19.2. The molecular weight excluding hydrogens is 392 g/mol. The number of methoxy groups -OCH3 is 1. The Labute approximate surface area is 173 Å². The van der Waals surface area contributed by atoms with Crippen LogP contribution in [0.1, 0.15) is 23.2 Å². The maximum Gasteiger partial charge on any atom is 0.255 e. The zero-order valence-electron chi connectivity index (χ0n) is 15.7. The predicted octanol–water partition coefficient (Wildman–Crippen LogP) is 3.97. The predicted molar refractivity (Wildman–Crippen MR) is 110 cm³/mol. The first-order valence-corrected chi connectivity index (χ1v) is 9.63. The molecular formula is C22H19ClN2O4. The average Bonchev–Trinajstić information content (AvgIpc) is 2.98. The molecule has 0 bridgehead atoms. The SMILES string of the molecule is COc1ccc(NC(=O)c2ccc(N3C(=O)[C@H]4CC=C(Cl)C[C@H]4C3=O)cc2)cc1. The Bertz CT molecular complexity index is 998. The lowest BCUT2D eigenvalue weighted by Gasteiger charge is -2.17. The quantitative estimate of drug-likeness (QED) is 0.774. The van der Waals surface area contributed by atoms with E-state index in [0.717, 1.165) is 0 Å². The smallest absolute Gasteiger partial charge is 0.255 e. The molecule has 7 heteroatoms. The molecule has 2 aromatic carbocycles. The average molecular weight is 411 g/mol. The number of halogens is 1. The fourth-order valence-electron chi connectivity index (χ4n) is 3.72. The molecule has 0 aromatic heterocycles. The monoisotopic (exact) mass is 410 g/mol. The fourth-order valence-corrected chi connectivity index (χ4v) is 3.98. The summed E-state index contributed by atoms with van der Waals surface area (Å²) in [5.41, 5.74) is 1.52. The zero-order valence-corrected chi connectivity index (χ0v) is 16.5. The number of nitrogens with zero attached hydrogens (tertiary/aromatic N) is 1. The highest BCUT2D eigenvalue weighted by Gasteiger charge is 2.48. The van der Waals surface area contributed by atoms with Gasteiger partial charge in [0.2, 0.25) is 11.8 Å². The van der Waals surface area contributed by atoms with E-state index in [0.29, 0.717) is 40.6 Å². The van der Waals surface area contributed by atoms with Crippen LogP contribution in [-0.2, 0) is 9.59 Å². The van der Waals surface area contributed by atoms with E-state index in [1.54, 1.807) is 55.6 Å². The molecule has 1 aliphatic heterocycles. The normalized spacial score (nSPS) is 20.9. The van der Waals surface area contributed by atoms with Gasteiger partial charge in [0.25, 0.3) is 5.91 Å². The maximum absolute atomic E-state index is 12.7. The van der Waals surface area contributed by atoms with Crippen LogP contribution in [0.15, 0.2) is 59.6 Å². The molecule has 0 unspecified atom stereocenters. The summed E-state index contributed by atoms with van der Waals surface area (Å²) in [7, 11) is 1.57. The number of amides is 3. The Morgan fingerprint density at radius 1 is 1.03 bits per heavy atom. The number of benzene rings is 2. The van der Waals surface area contributed by atoms with E-state index < -0.39 is 5.92 Å². The second-order valence-electron chi connectivity index (χ2n) is 7.05. The Morgan fingerprint density at radius 3 is 2.34 bits per heavy atom. The Kier molecular flexibility index (Phi) is 5.11. The van der Waals surface area contributed by atoms with Gasteiger partial charge in [0.1, 0.15) is 5.75 Å². The molecule has 0 saturated carbocycles. The second kappa shape index (κ2) is 7.72. The number of hydrogen-bond acceptors (Lipinski definition) is 4.